The van der Waals surface area contributed by atoms with Crippen LogP contribution in [0.2, 0.25) is 5.28 Å². The van der Waals surface area contributed by atoms with Gasteiger partial charge < -0.3 is 49.1 Å². The second-order valence-electron chi connectivity index (χ2n) is 9.67. The fourth-order valence-corrected chi connectivity index (χ4v) is 4.62. The number of halogens is 1. The van der Waals surface area contributed by atoms with E-state index in [4.69, 9.17) is 46.4 Å². The molecule has 0 amide bonds. The molecular formula is C29H38ClN5O9. The Morgan fingerprint density at radius 3 is 2.18 bits per heavy atom. The molecule has 44 heavy (non-hydrogen) atoms. The molecule has 3 aromatic rings. The maximum Gasteiger partial charge on any atom is 0.226 e. The molecular weight excluding hydrogens is 598 g/mol. The molecule has 1 saturated heterocycles. The lowest BCUT2D eigenvalue weighted by molar-refractivity contribution is -0.0566. The fraction of sp³-hybridized carbons (Fsp3) is 0.552. The van der Waals surface area contributed by atoms with E-state index < -0.39 is 31.1 Å². The standard InChI is InChI=1S/C29H38ClN5O9/c1-2-8-39-9-10-40-11-12-41-13-14-42-15-16-43-19-22(20-6-4-3-5-7-20)32-26-21-17-31-35(27(21)34-29(30)33-26)28-25(38)24(37)23(18-36)44-28/h1,3-7,17,22-25,28,36-38H,8-16,18-19H2,(H,32,33,34)/t22?,23?,24-,25-,28?/m1/s1. The zero-order chi connectivity index (χ0) is 31.1. The van der Waals surface area contributed by atoms with E-state index in [0.29, 0.717) is 70.7 Å². The first-order valence-electron chi connectivity index (χ1n) is 14.2. The largest absolute Gasteiger partial charge is 0.394 e. The van der Waals surface area contributed by atoms with Crippen LogP contribution in [0.1, 0.15) is 17.8 Å². The molecule has 4 rings (SSSR count). The molecule has 0 saturated carbocycles. The maximum atomic E-state index is 10.5. The van der Waals surface area contributed by atoms with Crippen LogP contribution in [0, 0.1) is 12.3 Å². The molecule has 0 aliphatic carbocycles. The second-order valence-corrected chi connectivity index (χ2v) is 10.0. The van der Waals surface area contributed by atoms with E-state index in [1.54, 1.807) is 0 Å². The van der Waals surface area contributed by atoms with Gasteiger partial charge in [-0.2, -0.15) is 15.1 Å². The quantitative estimate of drug-likeness (QED) is 0.0787. The molecule has 0 spiro atoms. The van der Waals surface area contributed by atoms with Crippen molar-refractivity contribution in [1.82, 2.24) is 19.7 Å². The predicted molar refractivity (Wildman–Crippen MR) is 159 cm³/mol. The number of benzene rings is 1. The van der Waals surface area contributed by atoms with Gasteiger partial charge in [-0.15, -0.1) is 6.42 Å². The lowest BCUT2D eigenvalue weighted by Crippen LogP contribution is -2.33. The highest BCUT2D eigenvalue weighted by Crippen LogP contribution is 2.33. The number of aliphatic hydroxyl groups is 3. The molecule has 1 aromatic carbocycles. The molecule has 3 heterocycles. The van der Waals surface area contributed by atoms with Crippen molar-refractivity contribution >= 4 is 28.5 Å². The Morgan fingerprint density at radius 2 is 1.57 bits per heavy atom. The van der Waals surface area contributed by atoms with Gasteiger partial charge in [0.1, 0.15) is 30.7 Å². The van der Waals surface area contributed by atoms with E-state index in [0.717, 1.165) is 5.56 Å². The molecule has 0 radical (unpaired) electrons. The van der Waals surface area contributed by atoms with Crippen LogP contribution in [0.15, 0.2) is 36.5 Å². The van der Waals surface area contributed by atoms with Crippen LogP contribution in [0.3, 0.4) is 0 Å². The van der Waals surface area contributed by atoms with Crippen molar-refractivity contribution in [1.29, 1.82) is 0 Å². The lowest BCUT2D eigenvalue weighted by Gasteiger charge is -2.21. The van der Waals surface area contributed by atoms with Crippen LogP contribution < -0.4 is 5.32 Å². The van der Waals surface area contributed by atoms with Crippen molar-refractivity contribution in [3.63, 3.8) is 0 Å². The number of nitrogens with one attached hydrogen (secondary N) is 1. The van der Waals surface area contributed by atoms with E-state index >= 15 is 0 Å². The first kappa shape index (κ1) is 33.9. The molecule has 0 bridgehead atoms. The number of hydrogen-bond donors (Lipinski definition) is 4. The summed E-state index contributed by atoms with van der Waals surface area (Å²) in [7, 11) is 0. The smallest absolute Gasteiger partial charge is 0.226 e. The van der Waals surface area contributed by atoms with Gasteiger partial charge in [0.2, 0.25) is 5.28 Å². The Hall–Kier alpha value is -2.94. The van der Waals surface area contributed by atoms with Crippen molar-refractivity contribution < 1.29 is 43.7 Å². The Balaban J connectivity index is 1.27. The Labute approximate surface area is 260 Å². The number of nitrogens with zero attached hydrogens (tertiary/aromatic N) is 4. The molecule has 2 aromatic heterocycles. The number of rotatable bonds is 20. The predicted octanol–water partition coefficient (Wildman–Crippen LogP) is 0.961. The van der Waals surface area contributed by atoms with Gasteiger partial charge in [-0.1, -0.05) is 36.3 Å². The third-order valence-corrected chi connectivity index (χ3v) is 6.82. The normalized spacial score (nSPS) is 20.6. The number of aromatic nitrogens is 4. The average molecular weight is 636 g/mol. The van der Waals surface area contributed by atoms with Crippen molar-refractivity contribution in [2.45, 2.75) is 30.6 Å². The minimum atomic E-state index is -1.33. The van der Waals surface area contributed by atoms with E-state index in [-0.39, 0.29) is 23.6 Å². The highest BCUT2D eigenvalue weighted by molar-refractivity contribution is 6.28. The Bertz CT molecular complexity index is 1310. The third-order valence-electron chi connectivity index (χ3n) is 6.66. The van der Waals surface area contributed by atoms with Crippen LogP contribution in [0.4, 0.5) is 5.82 Å². The minimum Gasteiger partial charge on any atom is -0.394 e. The van der Waals surface area contributed by atoms with Gasteiger partial charge in [-0.05, 0) is 17.2 Å². The molecule has 5 atom stereocenters. The number of anilines is 1. The molecule has 14 nitrogen and oxygen atoms in total. The summed E-state index contributed by atoms with van der Waals surface area (Å²) in [5.41, 5.74) is 1.23. The summed E-state index contributed by atoms with van der Waals surface area (Å²) >= 11 is 6.28. The first-order chi connectivity index (χ1) is 21.5. The zero-order valence-corrected chi connectivity index (χ0v) is 24.9. The fourth-order valence-electron chi connectivity index (χ4n) is 4.46. The molecule has 1 fully saturated rings. The van der Waals surface area contributed by atoms with Gasteiger partial charge in [0.05, 0.1) is 83.7 Å². The van der Waals surface area contributed by atoms with Crippen LogP contribution in [0.5, 0.6) is 0 Å². The zero-order valence-electron chi connectivity index (χ0n) is 24.2. The highest BCUT2D eigenvalue weighted by Gasteiger charge is 2.44. The van der Waals surface area contributed by atoms with Gasteiger partial charge in [0.15, 0.2) is 11.9 Å². The van der Waals surface area contributed by atoms with E-state index in [2.05, 4.69) is 26.3 Å². The van der Waals surface area contributed by atoms with Gasteiger partial charge in [0, 0.05) is 0 Å². The van der Waals surface area contributed by atoms with Crippen molar-refractivity contribution in [3.8, 4) is 12.3 Å². The average Bonchev–Trinajstić information content (AvgIpc) is 3.58. The van der Waals surface area contributed by atoms with E-state index in [1.165, 1.54) is 10.9 Å². The van der Waals surface area contributed by atoms with Gasteiger partial charge in [-0.3, -0.25) is 0 Å². The molecule has 1 aliphatic rings. The topological polar surface area (TPSA) is 172 Å². The van der Waals surface area contributed by atoms with Crippen LogP contribution >= 0.6 is 11.6 Å². The van der Waals surface area contributed by atoms with Gasteiger partial charge in [-0.25, -0.2) is 4.68 Å². The summed E-state index contributed by atoms with van der Waals surface area (Å²) in [5.74, 6) is 2.79. The monoisotopic (exact) mass is 635 g/mol. The first-order valence-corrected chi connectivity index (χ1v) is 14.6. The molecule has 1 aliphatic heterocycles. The number of ether oxygens (including phenoxy) is 6. The molecule has 4 N–H and O–H groups in total. The Kier molecular flexibility index (Phi) is 14.0. The summed E-state index contributed by atoms with van der Waals surface area (Å²) in [6, 6.07) is 9.38. The van der Waals surface area contributed by atoms with Crippen LogP contribution in [0.25, 0.3) is 11.0 Å². The van der Waals surface area contributed by atoms with Crippen molar-refractivity contribution in [2.75, 3.05) is 78.0 Å². The Morgan fingerprint density at radius 1 is 0.932 bits per heavy atom. The van der Waals surface area contributed by atoms with E-state index in [1.807, 2.05) is 30.3 Å². The van der Waals surface area contributed by atoms with Crippen molar-refractivity contribution in [2.24, 2.45) is 0 Å². The number of hydrogen-bond acceptors (Lipinski definition) is 13. The van der Waals surface area contributed by atoms with Crippen LogP contribution in [-0.2, 0) is 28.4 Å². The van der Waals surface area contributed by atoms with Crippen molar-refractivity contribution in [3.05, 3.63) is 47.4 Å². The summed E-state index contributed by atoms with van der Waals surface area (Å²) in [6.45, 7) is 3.54. The summed E-state index contributed by atoms with van der Waals surface area (Å²) < 4.78 is 34.5. The number of aliphatic hydroxyl groups excluding tert-OH is 3. The molecule has 240 valence electrons. The summed E-state index contributed by atoms with van der Waals surface area (Å²) in [5, 5.41) is 38.3. The minimum absolute atomic E-state index is 0.0579. The van der Waals surface area contributed by atoms with Crippen LogP contribution in [-0.4, -0.2) is 126 Å². The SMILES string of the molecule is C#CCOCCOCCOCCOCCOCC(Nc1nc(Cl)nc2c1cnn2C1OC(CO)[C@@H](O)[C@H]1O)c1ccccc1. The van der Waals surface area contributed by atoms with E-state index in [9.17, 15) is 15.3 Å². The number of fused-ring (bicyclic) bond motifs is 1. The third kappa shape index (κ3) is 9.53. The molecule has 3 unspecified atom stereocenters. The lowest BCUT2D eigenvalue weighted by atomic mass is 10.1. The maximum absolute atomic E-state index is 10.5. The highest BCUT2D eigenvalue weighted by atomic mass is 35.5. The molecule has 15 heteroatoms. The summed E-state index contributed by atoms with van der Waals surface area (Å²) in [6.07, 6.45) is 1.97. The number of terminal acetylenes is 1. The van der Waals surface area contributed by atoms with Gasteiger partial charge >= 0.3 is 0 Å². The van der Waals surface area contributed by atoms with Gasteiger partial charge in [0.25, 0.3) is 0 Å². The second kappa shape index (κ2) is 18.1. The summed E-state index contributed by atoms with van der Waals surface area (Å²) in [4.78, 5) is 8.65.